The van der Waals surface area contributed by atoms with E-state index in [9.17, 15) is 23.8 Å². The summed E-state index contributed by atoms with van der Waals surface area (Å²) in [6.07, 6.45) is 0. The van der Waals surface area contributed by atoms with Crippen molar-refractivity contribution in [1.29, 1.82) is 0 Å². The fourth-order valence-corrected chi connectivity index (χ4v) is 1.22. The van der Waals surface area contributed by atoms with Gasteiger partial charge in [-0.05, 0) is 0 Å². The Morgan fingerprint density at radius 3 is 1.21 bits per heavy atom. The Hall–Kier alpha value is 8.43. The van der Waals surface area contributed by atoms with Crippen LogP contribution in [0.2, 0.25) is 0 Å². The van der Waals surface area contributed by atoms with Crippen molar-refractivity contribution in [1.82, 2.24) is 0 Å². The van der Waals surface area contributed by atoms with Gasteiger partial charge in [0.05, 0.1) is 7.82 Å². The van der Waals surface area contributed by atoms with Crippen LogP contribution in [0.5, 0.6) is 0 Å². The molecule has 0 fully saturated rings. The largest absolute Gasteiger partial charge is 1.00 e. The molecular formula is Cs4O8P2. The molecule has 0 amide bonds. The molecule has 0 aromatic heterocycles. The van der Waals surface area contributed by atoms with Crippen molar-refractivity contribution < 1.29 is 314 Å². The van der Waals surface area contributed by atoms with Gasteiger partial charge in [-0.3, -0.25) is 8.88 Å². The van der Waals surface area contributed by atoms with E-state index in [2.05, 4.69) is 8.99 Å². The van der Waals surface area contributed by atoms with Crippen molar-refractivity contribution in [3.8, 4) is 0 Å². The van der Waals surface area contributed by atoms with Gasteiger partial charge in [0.1, 0.15) is 0 Å². The Kier molecular flexibility index (Phi) is 43.1. The first kappa shape index (κ1) is 33.9. The number of hydrogen-bond donors (Lipinski definition) is 0. The van der Waals surface area contributed by atoms with Crippen molar-refractivity contribution in [2.45, 2.75) is 0 Å². The van der Waals surface area contributed by atoms with E-state index in [1.807, 2.05) is 0 Å². The first-order chi connectivity index (χ1) is 4.27. The van der Waals surface area contributed by atoms with E-state index in [1.165, 1.54) is 0 Å². The molecule has 0 N–H and O–H groups in total. The van der Waals surface area contributed by atoms with Crippen molar-refractivity contribution in [3.63, 3.8) is 0 Å². The van der Waals surface area contributed by atoms with Crippen LogP contribution in [-0.2, 0) is 18.1 Å². The van der Waals surface area contributed by atoms with Crippen molar-refractivity contribution in [3.05, 3.63) is 0 Å². The number of phosphoric acid groups is 2. The minimum Gasteiger partial charge on any atom is -0.790 e. The van der Waals surface area contributed by atoms with Crippen LogP contribution < -0.4 is 296 Å². The molecule has 0 radical (unpaired) electrons. The van der Waals surface area contributed by atoms with Gasteiger partial charge in [-0.1, -0.05) is 0 Å². The second kappa shape index (κ2) is 17.8. The maximum atomic E-state index is 9.71. The van der Waals surface area contributed by atoms with Gasteiger partial charge >= 0.3 is 276 Å². The van der Waals surface area contributed by atoms with E-state index in [1.54, 1.807) is 0 Å². The van der Waals surface area contributed by atoms with E-state index < -0.39 is 15.6 Å². The third kappa shape index (κ3) is 25.4. The number of hydrogen-bond acceptors (Lipinski definition) is 8. The van der Waals surface area contributed by atoms with Crippen LogP contribution in [0.15, 0.2) is 0 Å². The van der Waals surface area contributed by atoms with Gasteiger partial charge < -0.3 is 29.2 Å². The molecule has 0 bridgehead atoms. The average Bonchev–Trinajstić information content (AvgIpc) is 1.60. The Bertz CT molecular complexity index is 198. The van der Waals surface area contributed by atoms with Crippen molar-refractivity contribution >= 4 is 15.6 Å². The summed E-state index contributed by atoms with van der Waals surface area (Å²) in [5, 5.41) is 9.03. The summed E-state index contributed by atoms with van der Waals surface area (Å²) in [5.41, 5.74) is 0. The molecule has 1 unspecified atom stereocenters. The van der Waals surface area contributed by atoms with Gasteiger partial charge in [-0.25, -0.2) is 0 Å². The predicted octanol–water partition coefficient (Wildman–Crippen LogP) is -15.4. The average molecular weight is 722 g/mol. The van der Waals surface area contributed by atoms with Gasteiger partial charge in [0, 0.05) is 0 Å². The third-order valence-electron chi connectivity index (χ3n) is 0.291. The Labute approximate surface area is 316 Å². The van der Waals surface area contributed by atoms with E-state index in [0.29, 0.717) is 0 Å². The summed E-state index contributed by atoms with van der Waals surface area (Å²) in [7, 11) is -11.2. The Morgan fingerprint density at radius 2 is 1.14 bits per heavy atom. The first-order valence-electron chi connectivity index (χ1n) is 1.63. The molecule has 62 valence electrons. The molecule has 0 aliphatic carbocycles. The second-order valence-corrected chi connectivity index (χ2v) is 3.64. The standard InChI is InChI=1S/4Cs.H4O8P2/c;;;;1-7-10(5,6)8-9(2,3)4/h;;;;1H,(H,5,6)(H2,2,3,4)/q4*+1;/p-4. The normalized spacial score (nSPS) is 13.1. The van der Waals surface area contributed by atoms with E-state index in [-0.39, 0.29) is 276 Å². The first-order valence-corrected chi connectivity index (χ1v) is 4.55. The molecule has 14 heteroatoms. The molecule has 0 rings (SSSR count). The molecule has 0 aliphatic heterocycles. The zero-order chi connectivity index (χ0) is 8.41. The molecule has 0 saturated carbocycles. The SMILES string of the molecule is O=P([O-])([O-])OP(=O)([O-])O[O-].[Cs+].[Cs+].[Cs+].[Cs+]. The molecule has 8 nitrogen and oxygen atoms in total. The van der Waals surface area contributed by atoms with Gasteiger partial charge in [0.25, 0.3) is 7.82 Å². The summed E-state index contributed by atoms with van der Waals surface area (Å²) in [6.45, 7) is 0. The van der Waals surface area contributed by atoms with Gasteiger partial charge in [-0.15, -0.1) is 0 Å². The van der Waals surface area contributed by atoms with Crippen LogP contribution in [0.25, 0.3) is 0 Å². The maximum absolute atomic E-state index is 9.71. The van der Waals surface area contributed by atoms with Crippen molar-refractivity contribution in [2.24, 2.45) is 0 Å². The topological polar surface area (TPSA) is 145 Å². The molecule has 0 aliphatic rings. The molecule has 0 saturated heterocycles. The fourth-order valence-electron chi connectivity index (χ4n) is 0.136. The predicted molar refractivity (Wildman–Crippen MR) is 17.4 cm³/mol. The monoisotopic (exact) mass is 722 g/mol. The third-order valence-corrected chi connectivity index (χ3v) is 2.07. The van der Waals surface area contributed by atoms with Crippen LogP contribution >= 0.6 is 15.6 Å². The number of rotatable bonds is 3. The van der Waals surface area contributed by atoms with Gasteiger partial charge in [0.15, 0.2) is 0 Å². The molecule has 14 heavy (non-hydrogen) atoms. The zero-order valence-electron chi connectivity index (χ0n) is 8.16. The molecule has 0 heterocycles. The zero-order valence-corrected chi connectivity index (χ0v) is 35.1. The molecule has 0 spiro atoms. The molecular weight excluding hydrogens is 722 g/mol. The minimum atomic E-state index is -5.70. The van der Waals surface area contributed by atoms with Crippen LogP contribution in [0, 0.1) is 0 Å². The summed E-state index contributed by atoms with van der Waals surface area (Å²) >= 11 is 0. The Balaban J connectivity index is -0.0000000675. The van der Waals surface area contributed by atoms with Crippen molar-refractivity contribution in [2.75, 3.05) is 0 Å². The van der Waals surface area contributed by atoms with Crippen LogP contribution in [0.4, 0.5) is 0 Å². The second-order valence-electron chi connectivity index (χ2n) is 1.05. The summed E-state index contributed by atoms with van der Waals surface area (Å²) in [5.74, 6) is 0. The fraction of sp³-hybridized carbons (Fsp3) is 0. The summed E-state index contributed by atoms with van der Waals surface area (Å²) in [4.78, 5) is 28.6. The van der Waals surface area contributed by atoms with E-state index in [0.717, 1.165) is 0 Å². The quantitative estimate of drug-likeness (QED) is 0.159. The minimum absolute atomic E-state index is 0. The smallest absolute Gasteiger partial charge is 0.790 e. The van der Waals surface area contributed by atoms with E-state index in [4.69, 9.17) is 5.26 Å². The Morgan fingerprint density at radius 1 is 0.857 bits per heavy atom. The molecule has 0 aromatic rings. The summed E-state index contributed by atoms with van der Waals surface area (Å²) < 4.78 is 24.1. The van der Waals surface area contributed by atoms with Gasteiger partial charge in [0.2, 0.25) is 0 Å². The van der Waals surface area contributed by atoms with Crippen LogP contribution in [-0.4, -0.2) is 0 Å². The van der Waals surface area contributed by atoms with Crippen LogP contribution in [0.1, 0.15) is 0 Å². The van der Waals surface area contributed by atoms with Gasteiger partial charge in [-0.2, -0.15) is 0 Å². The maximum Gasteiger partial charge on any atom is 1.00 e. The van der Waals surface area contributed by atoms with Crippen LogP contribution in [0.3, 0.4) is 0 Å². The molecule has 0 aromatic carbocycles. The molecule has 1 atom stereocenters. The van der Waals surface area contributed by atoms with E-state index >= 15 is 0 Å². The summed E-state index contributed by atoms with van der Waals surface area (Å²) in [6, 6.07) is 0.